The van der Waals surface area contributed by atoms with Crippen molar-refractivity contribution >= 4 is 0 Å². The predicted molar refractivity (Wildman–Crippen MR) is 159 cm³/mol. The second kappa shape index (κ2) is 14.3. The van der Waals surface area contributed by atoms with Crippen molar-refractivity contribution in [2.45, 2.75) is 73.8 Å². The summed E-state index contributed by atoms with van der Waals surface area (Å²) in [6, 6.07) is 10.5. The van der Waals surface area contributed by atoms with Gasteiger partial charge in [-0.25, -0.2) is 0 Å². The van der Waals surface area contributed by atoms with E-state index in [9.17, 15) is 35.7 Å². The molecule has 0 radical (unpaired) electrons. The van der Waals surface area contributed by atoms with Crippen LogP contribution in [0.2, 0.25) is 0 Å². The molecule has 270 valence electrons. The highest BCUT2D eigenvalue weighted by Gasteiger charge is 2.50. The van der Waals surface area contributed by atoms with Crippen LogP contribution in [0.4, 0.5) is 0 Å². The fourth-order valence-electron chi connectivity index (χ4n) is 6.69. The van der Waals surface area contributed by atoms with Crippen molar-refractivity contribution < 1.29 is 83.1 Å². The molecule has 5 aliphatic rings. The van der Waals surface area contributed by atoms with Gasteiger partial charge in [0.1, 0.15) is 54.6 Å². The molecular weight excluding hydrogens is 656 g/mol. The van der Waals surface area contributed by atoms with Crippen molar-refractivity contribution in [2.24, 2.45) is 11.8 Å². The molecule has 4 fully saturated rings. The first-order valence-corrected chi connectivity index (χ1v) is 15.9. The molecule has 0 aromatic heterocycles. The Labute approximate surface area is 279 Å². The maximum absolute atomic E-state index is 10.7. The third-order valence-corrected chi connectivity index (χ3v) is 9.51. The van der Waals surface area contributed by atoms with Crippen LogP contribution < -0.4 is 23.7 Å². The highest BCUT2D eigenvalue weighted by molar-refractivity contribution is 5.46. The Bertz CT molecular complexity index is 1440. The summed E-state index contributed by atoms with van der Waals surface area (Å²) < 4.78 is 57.2. The van der Waals surface area contributed by atoms with Crippen molar-refractivity contribution in [3.63, 3.8) is 0 Å². The summed E-state index contributed by atoms with van der Waals surface area (Å²) in [5, 5.41) is 71.4. The lowest BCUT2D eigenvalue weighted by atomic mass is 9.89. The number of fused-ring (bicyclic) bond motifs is 2. The number of benzene rings is 2. The van der Waals surface area contributed by atoms with Gasteiger partial charge in [0, 0.05) is 12.0 Å². The number of aliphatic hydroxyl groups excluding tert-OH is 7. The zero-order valence-electron chi connectivity index (χ0n) is 26.3. The molecule has 0 aliphatic carbocycles. The highest BCUT2D eigenvalue weighted by Crippen LogP contribution is 2.47. The lowest BCUT2D eigenvalue weighted by Crippen LogP contribution is -2.62. The molecule has 49 heavy (non-hydrogen) atoms. The molecule has 5 aliphatic heterocycles. The van der Waals surface area contributed by atoms with Crippen molar-refractivity contribution in [3.8, 4) is 28.7 Å². The first-order chi connectivity index (χ1) is 23.7. The average Bonchev–Trinajstić information content (AvgIpc) is 3.86. The molecule has 17 nitrogen and oxygen atoms in total. The van der Waals surface area contributed by atoms with E-state index >= 15 is 0 Å². The summed E-state index contributed by atoms with van der Waals surface area (Å²) in [6.07, 6.45) is -16.3. The minimum Gasteiger partial charge on any atom is -0.493 e. The molecule has 0 bridgehead atoms. The largest absolute Gasteiger partial charge is 0.493 e. The Kier molecular flexibility index (Phi) is 10.0. The van der Waals surface area contributed by atoms with Gasteiger partial charge in [0.2, 0.25) is 19.4 Å². The molecule has 4 saturated heterocycles. The Morgan fingerprint density at radius 1 is 0.673 bits per heavy atom. The number of methoxy groups -OCH3 is 1. The van der Waals surface area contributed by atoms with Crippen LogP contribution in [-0.4, -0.2) is 144 Å². The molecule has 0 amide bonds. The van der Waals surface area contributed by atoms with Crippen LogP contribution in [0.15, 0.2) is 36.4 Å². The molecule has 2 aromatic rings. The fraction of sp³-hybridized carbons (Fsp3) is 0.625. The van der Waals surface area contributed by atoms with E-state index in [1.165, 1.54) is 13.2 Å². The molecule has 14 atom stereocenters. The minimum atomic E-state index is -1.72. The van der Waals surface area contributed by atoms with Crippen LogP contribution in [0.5, 0.6) is 28.7 Å². The third-order valence-electron chi connectivity index (χ3n) is 9.51. The van der Waals surface area contributed by atoms with Gasteiger partial charge in [-0.2, -0.15) is 0 Å². The van der Waals surface area contributed by atoms with E-state index in [2.05, 4.69) is 0 Å². The summed E-state index contributed by atoms with van der Waals surface area (Å²) in [5.74, 6) is 2.12. The second-order valence-corrected chi connectivity index (χ2v) is 12.5. The highest BCUT2D eigenvalue weighted by atomic mass is 16.7. The van der Waals surface area contributed by atoms with E-state index in [4.69, 9.17) is 47.4 Å². The van der Waals surface area contributed by atoms with Crippen LogP contribution >= 0.6 is 0 Å². The van der Waals surface area contributed by atoms with Crippen LogP contribution in [0, 0.1) is 11.8 Å². The third kappa shape index (κ3) is 6.62. The molecule has 0 unspecified atom stereocenters. The molecule has 5 heterocycles. The smallest absolute Gasteiger partial charge is 0.231 e. The van der Waals surface area contributed by atoms with E-state index in [-0.39, 0.29) is 36.2 Å². The molecule has 0 saturated carbocycles. The number of hydrogen-bond donors (Lipinski definition) is 7. The first kappa shape index (κ1) is 34.4. The molecule has 0 spiro atoms. The lowest BCUT2D eigenvalue weighted by Gasteiger charge is -2.42. The topological polar surface area (TPSA) is 234 Å². The van der Waals surface area contributed by atoms with Crippen molar-refractivity contribution in [1.29, 1.82) is 0 Å². The zero-order chi connectivity index (χ0) is 34.4. The van der Waals surface area contributed by atoms with E-state index in [1.54, 1.807) is 12.1 Å². The Balaban J connectivity index is 0.976. The maximum Gasteiger partial charge on any atom is 0.231 e. The predicted octanol–water partition coefficient (Wildman–Crippen LogP) is -1.83. The van der Waals surface area contributed by atoms with Gasteiger partial charge in [-0.15, -0.1) is 0 Å². The molecule has 7 N–H and O–H groups in total. The Hall–Kier alpha value is -3.04. The van der Waals surface area contributed by atoms with Gasteiger partial charge in [0.15, 0.2) is 29.3 Å². The van der Waals surface area contributed by atoms with Crippen LogP contribution in [0.3, 0.4) is 0 Å². The zero-order valence-corrected chi connectivity index (χ0v) is 26.3. The Morgan fingerprint density at radius 3 is 2.16 bits per heavy atom. The number of hydrogen-bond acceptors (Lipinski definition) is 17. The minimum absolute atomic E-state index is 0.0434. The first-order valence-electron chi connectivity index (χ1n) is 15.9. The summed E-state index contributed by atoms with van der Waals surface area (Å²) >= 11 is 0. The van der Waals surface area contributed by atoms with Gasteiger partial charge in [0.05, 0.1) is 45.6 Å². The monoisotopic (exact) mass is 696 g/mol. The standard InChI is InChI=1S/C32H40O17/c1-40-19-7-14(46-30-16-10-41-29(15(16)9-42-30)13-2-4-17-20(6-13)45-12-44-17)3-5-18(19)47-32-28(39)26(37)24(35)22(49-32)11-43-31-27(38)25(36)23(34)21(8-33)48-31/h2-7,15-16,21-39H,8-12H2,1H3/t15-,16-,21+,22+,23+,24+,25-,26-,27+,28+,29+,30+,31+,32+/m0/s1. The summed E-state index contributed by atoms with van der Waals surface area (Å²) in [5.41, 5.74) is 0.969. The van der Waals surface area contributed by atoms with Crippen molar-refractivity contribution in [3.05, 3.63) is 42.0 Å². The van der Waals surface area contributed by atoms with Gasteiger partial charge in [-0.3, -0.25) is 0 Å². The van der Waals surface area contributed by atoms with Crippen LogP contribution in [0.25, 0.3) is 0 Å². The number of ether oxygens (including phenoxy) is 10. The summed E-state index contributed by atoms with van der Waals surface area (Å²) in [6.45, 7) is -0.115. The van der Waals surface area contributed by atoms with Gasteiger partial charge < -0.3 is 83.1 Å². The van der Waals surface area contributed by atoms with Crippen molar-refractivity contribution in [1.82, 2.24) is 0 Å². The summed E-state index contributed by atoms with van der Waals surface area (Å²) in [7, 11) is 1.41. The number of rotatable bonds is 10. The van der Waals surface area contributed by atoms with Crippen LogP contribution in [0.1, 0.15) is 11.7 Å². The van der Waals surface area contributed by atoms with E-state index in [0.29, 0.717) is 30.5 Å². The van der Waals surface area contributed by atoms with Gasteiger partial charge in [-0.1, -0.05) is 6.07 Å². The quantitative estimate of drug-likeness (QED) is 0.145. The van der Waals surface area contributed by atoms with E-state index < -0.39 is 80.9 Å². The van der Waals surface area contributed by atoms with Gasteiger partial charge >= 0.3 is 0 Å². The lowest BCUT2D eigenvalue weighted by molar-refractivity contribution is -0.323. The normalized spacial score (nSPS) is 39.8. The molecule has 17 heteroatoms. The SMILES string of the molecule is COc1cc(O[C@H]2OC[C@H]3[C@@H]2CO[C@@H]3c2ccc3c(c2)OCO3)ccc1O[C@@H]1O[C@H](CO[C@@H]2O[C@H](CO)[C@@H](O)[C@H](O)[C@H]2O)[C@@H](O)[C@H](O)[C@H]1O. The average molecular weight is 697 g/mol. The maximum atomic E-state index is 10.7. The van der Waals surface area contributed by atoms with Crippen LogP contribution in [-0.2, 0) is 23.7 Å². The summed E-state index contributed by atoms with van der Waals surface area (Å²) in [4.78, 5) is 0. The van der Waals surface area contributed by atoms with E-state index in [1.807, 2.05) is 18.2 Å². The van der Waals surface area contributed by atoms with E-state index in [0.717, 1.165) is 5.56 Å². The van der Waals surface area contributed by atoms with Crippen molar-refractivity contribution in [2.75, 3.05) is 40.3 Å². The fourth-order valence-corrected chi connectivity index (χ4v) is 6.69. The number of aliphatic hydroxyl groups is 7. The van der Waals surface area contributed by atoms with Gasteiger partial charge in [-0.05, 0) is 29.8 Å². The Morgan fingerprint density at radius 2 is 1.39 bits per heavy atom. The molecule has 2 aromatic carbocycles. The molecule has 7 rings (SSSR count). The second-order valence-electron chi connectivity index (χ2n) is 12.5. The molecular formula is C32H40O17. The van der Waals surface area contributed by atoms with Gasteiger partial charge in [0.25, 0.3) is 0 Å².